The molecule has 1 aliphatic rings. The smallest absolute Gasteiger partial charge is 0.205 e. The first-order chi connectivity index (χ1) is 11.3. The highest BCUT2D eigenvalue weighted by molar-refractivity contribution is 7.09. The van der Waals surface area contributed by atoms with Crippen molar-refractivity contribution in [1.82, 2.24) is 9.36 Å². The molecule has 0 amide bonds. The monoisotopic (exact) mass is 349 g/mol. The average molecular weight is 349 g/mol. The molecule has 0 aliphatic carbocycles. The lowest BCUT2D eigenvalue weighted by molar-refractivity contribution is 0.169. The number of anilines is 1. The Morgan fingerprint density at radius 1 is 1.21 bits per heavy atom. The second kappa shape index (κ2) is 6.22. The number of aliphatic hydroxyl groups is 1. The van der Waals surface area contributed by atoms with E-state index in [1.807, 2.05) is 17.0 Å². The van der Waals surface area contributed by atoms with Crippen LogP contribution in [0.5, 0.6) is 11.5 Å². The Labute approximate surface area is 146 Å². The molecule has 0 saturated carbocycles. The second-order valence-electron chi connectivity index (χ2n) is 6.91. The highest BCUT2D eigenvalue weighted by Crippen LogP contribution is 2.41. The maximum Gasteiger partial charge on any atom is 0.205 e. The second-order valence-corrected chi connectivity index (χ2v) is 7.64. The van der Waals surface area contributed by atoms with E-state index in [2.05, 4.69) is 30.1 Å². The van der Waals surface area contributed by atoms with E-state index in [4.69, 9.17) is 9.47 Å². The van der Waals surface area contributed by atoms with Crippen LogP contribution in [0.3, 0.4) is 0 Å². The van der Waals surface area contributed by atoms with Crippen LogP contribution in [-0.2, 0) is 12.0 Å². The molecule has 0 spiro atoms. The number of aromatic nitrogens is 2. The van der Waals surface area contributed by atoms with Crippen molar-refractivity contribution in [3.8, 4) is 11.5 Å². The number of nitrogens with zero attached hydrogens (tertiary/aromatic N) is 3. The van der Waals surface area contributed by atoms with Crippen molar-refractivity contribution >= 4 is 16.7 Å². The van der Waals surface area contributed by atoms with Crippen molar-refractivity contribution in [3.05, 3.63) is 29.1 Å². The summed E-state index contributed by atoms with van der Waals surface area (Å²) in [6.07, 6.45) is -0.666. The summed E-state index contributed by atoms with van der Waals surface area (Å²) in [5.41, 5.74) is 1.64. The molecule has 3 rings (SSSR count). The number of benzene rings is 1. The zero-order valence-electron chi connectivity index (χ0n) is 14.7. The van der Waals surface area contributed by atoms with E-state index in [9.17, 15) is 5.11 Å². The van der Waals surface area contributed by atoms with Gasteiger partial charge in [0.25, 0.3) is 0 Å². The Kier molecular flexibility index (Phi) is 4.40. The largest absolute Gasteiger partial charge is 0.496 e. The molecule has 1 aliphatic heterocycles. The van der Waals surface area contributed by atoms with Crippen LogP contribution in [0.2, 0.25) is 0 Å². The van der Waals surface area contributed by atoms with E-state index in [-0.39, 0.29) is 5.41 Å². The van der Waals surface area contributed by atoms with Gasteiger partial charge in [0.15, 0.2) is 0 Å². The molecule has 24 heavy (non-hydrogen) atoms. The molecule has 1 aromatic carbocycles. The van der Waals surface area contributed by atoms with E-state index >= 15 is 0 Å². The van der Waals surface area contributed by atoms with Crippen LogP contribution >= 0.6 is 11.5 Å². The molecular weight excluding hydrogens is 326 g/mol. The van der Waals surface area contributed by atoms with Gasteiger partial charge in [-0.25, -0.2) is 4.98 Å². The van der Waals surface area contributed by atoms with Gasteiger partial charge in [-0.05, 0) is 12.1 Å². The molecule has 1 N–H and O–H groups in total. The van der Waals surface area contributed by atoms with Crippen molar-refractivity contribution in [3.63, 3.8) is 0 Å². The van der Waals surface area contributed by atoms with Gasteiger partial charge in [0.2, 0.25) is 5.13 Å². The van der Waals surface area contributed by atoms with E-state index in [1.54, 1.807) is 14.2 Å². The lowest BCUT2D eigenvalue weighted by Crippen LogP contribution is -2.34. The third-order valence-corrected chi connectivity index (χ3v) is 4.92. The van der Waals surface area contributed by atoms with Gasteiger partial charge in [-0.1, -0.05) is 20.8 Å². The summed E-state index contributed by atoms with van der Waals surface area (Å²) in [4.78, 5) is 6.70. The molecule has 1 atom stereocenters. The SMILES string of the molecule is COc1ccc(OC)c2c1CN(c1nc(C(C)(C)C)ns1)C[C@H]2O. The molecule has 0 radical (unpaired) electrons. The average Bonchev–Trinajstić information content (AvgIpc) is 3.04. The van der Waals surface area contributed by atoms with Crippen molar-refractivity contribution < 1.29 is 14.6 Å². The van der Waals surface area contributed by atoms with Crippen LogP contribution in [0.4, 0.5) is 5.13 Å². The Morgan fingerprint density at radius 3 is 2.46 bits per heavy atom. The fourth-order valence-corrected chi connectivity index (χ4v) is 3.74. The molecule has 0 unspecified atom stereocenters. The first-order valence-electron chi connectivity index (χ1n) is 7.86. The highest BCUT2D eigenvalue weighted by Gasteiger charge is 2.32. The first-order valence-corrected chi connectivity index (χ1v) is 8.63. The predicted molar refractivity (Wildman–Crippen MR) is 94.2 cm³/mol. The van der Waals surface area contributed by atoms with Gasteiger partial charge >= 0.3 is 0 Å². The van der Waals surface area contributed by atoms with Crippen LogP contribution in [0, 0.1) is 0 Å². The summed E-state index contributed by atoms with van der Waals surface area (Å²) >= 11 is 1.36. The minimum absolute atomic E-state index is 0.0953. The van der Waals surface area contributed by atoms with Gasteiger partial charge in [0.05, 0.1) is 20.8 Å². The van der Waals surface area contributed by atoms with E-state index < -0.39 is 6.10 Å². The first kappa shape index (κ1) is 17.0. The molecule has 6 nitrogen and oxygen atoms in total. The summed E-state index contributed by atoms with van der Waals surface area (Å²) in [7, 11) is 3.25. The number of hydrogen-bond donors (Lipinski definition) is 1. The number of aliphatic hydroxyl groups excluding tert-OH is 1. The van der Waals surface area contributed by atoms with Crippen LogP contribution in [0.1, 0.15) is 43.8 Å². The molecular formula is C17H23N3O3S. The van der Waals surface area contributed by atoms with Gasteiger partial charge in [0, 0.05) is 34.6 Å². The zero-order chi connectivity index (χ0) is 17.5. The Bertz CT molecular complexity index is 739. The third-order valence-electron chi connectivity index (χ3n) is 4.15. The lowest BCUT2D eigenvalue weighted by Gasteiger charge is -2.33. The Balaban J connectivity index is 1.98. The number of β-amino-alcohol motifs (C(OH)–C–C–N with tert-alkyl or cyclic N) is 1. The van der Waals surface area contributed by atoms with Crippen LogP contribution in [0.15, 0.2) is 12.1 Å². The van der Waals surface area contributed by atoms with Crippen molar-refractivity contribution in [1.29, 1.82) is 0 Å². The number of rotatable bonds is 3. The van der Waals surface area contributed by atoms with Gasteiger partial charge in [-0.3, -0.25) is 0 Å². The normalized spacial score (nSPS) is 17.6. The third kappa shape index (κ3) is 2.93. The van der Waals surface area contributed by atoms with E-state index in [1.165, 1.54) is 11.5 Å². The number of hydrogen-bond acceptors (Lipinski definition) is 7. The topological polar surface area (TPSA) is 67.7 Å². The highest BCUT2D eigenvalue weighted by atomic mass is 32.1. The minimum Gasteiger partial charge on any atom is -0.496 e. The summed E-state index contributed by atoms with van der Waals surface area (Å²) in [5, 5.41) is 11.5. The quantitative estimate of drug-likeness (QED) is 0.919. The fraction of sp³-hybridized carbons (Fsp3) is 0.529. The molecule has 130 valence electrons. The van der Waals surface area contributed by atoms with Crippen molar-refractivity contribution in [2.24, 2.45) is 0 Å². The van der Waals surface area contributed by atoms with Gasteiger partial charge in [0.1, 0.15) is 23.4 Å². The standard InChI is InChI=1S/C17H23N3O3S/c1-17(2,3)15-18-16(24-19-15)20-8-10-12(22-4)6-7-13(23-5)14(10)11(21)9-20/h6-7,11,21H,8-9H2,1-5H3/t11-/m1/s1. The van der Waals surface area contributed by atoms with Gasteiger partial charge in [-0.15, -0.1) is 0 Å². The maximum atomic E-state index is 10.7. The predicted octanol–water partition coefficient (Wildman–Crippen LogP) is 2.91. The van der Waals surface area contributed by atoms with Gasteiger partial charge in [-0.2, -0.15) is 4.37 Å². The molecule has 0 saturated heterocycles. The Morgan fingerprint density at radius 2 is 1.88 bits per heavy atom. The van der Waals surface area contributed by atoms with Crippen LogP contribution in [0.25, 0.3) is 0 Å². The van der Waals surface area contributed by atoms with Gasteiger partial charge < -0.3 is 19.5 Å². The van der Waals surface area contributed by atoms with Crippen LogP contribution in [-0.4, -0.2) is 35.2 Å². The maximum absolute atomic E-state index is 10.7. The number of methoxy groups -OCH3 is 2. The minimum atomic E-state index is -0.666. The van der Waals surface area contributed by atoms with Crippen molar-refractivity contribution in [2.45, 2.75) is 38.8 Å². The number of fused-ring (bicyclic) bond motifs is 1. The molecule has 2 aromatic rings. The fourth-order valence-electron chi connectivity index (χ4n) is 2.87. The van der Waals surface area contributed by atoms with E-state index in [0.29, 0.717) is 18.8 Å². The van der Waals surface area contributed by atoms with Crippen molar-refractivity contribution in [2.75, 3.05) is 25.7 Å². The number of ether oxygens (including phenoxy) is 2. The molecule has 7 heteroatoms. The van der Waals surface area contributed by atoms with Crippen LogP contribution < -0.4 is 14.4 Å². The summed E-state index contributed by atoms with van der Waals surface area (Å²) < 4.78 is 15.4. The molecule has 2 heterocycles. The summed E-state index contributed by atoms with van der Waals surface area (Å²) in [6.45, 7) is 7.33. The molecule has 0 fully saturated rings. The lowest BCUT2D eigenvalue weighted by atomic mass is 9.95. The molecule has 1 aromatic heterocycles. The summed E-state index contributed by atoms with van der Waals surface area (Å²) in [6, 6.07) is 3.70. The van der Waals surface area contributed by atoms with E-state index in [0.717, 1.165) is 27.8 Å². The summed E-state index contributed by atoms with van der Waals surface area (Å²) in [5.74, 6) is 2.25. The zero-order valence-corrected chi connectivity index (χ0v) is 15.5. The Hall–Kier alpha value is -1.86. The molecule has 0 bridgehead atoms.